The summed E-state index contributed by atoms with van der Waals surface area (Å²) in [5.74, 6) is -0.622. The molecule has 7 heteroatoms. The van der Waals surface area contributed by atoms with Crippen LogP contribution in [0.1, 0.15) is 52.5 Å². The van der Waals surface area contributed by atoms with Crippen molar-refractivity contribution in [3.8, 4) is 5.75 Å². The van der Waals surface area contributed by atoms with E-state index in [1.165, 1.54) is 19.2 Å². The normalized spacial score (nSPS) is 15.5. The molecule has 2 aromatic rings. The number of unbranched alkanes of at least 4 members (excludes halogenated alkanes) is 1. The molecule has 0 aromatic heterocycles. The predicted octanol–water partition coefficient (Wildman–Crippen LogP) is 3.78. The van der Waals surface area contributed by atoms with E-state index in [1.807, 2.05) is 0 Å². The standard InChI is InChI=1S/C22H26FN3O3/c1-4-5-6-18-25-17-12-11-16(20(29-3)19(17)22(28)26(18)2)21(27)24-13-14-7-9-15(23)10-8-14/h7-12,18,25H,4-6,13H2,1-3H3,(H,24,27). The monoisotopic (exact) mass is 399 g/mol. The van der Waals surface area contributed by atoms with E-state index in [9.17, 15) is 14.0 Å². The summed E-state index contributed by atoms with van der Waals surface area (Å²) in [7, 11) is 3.20. The molecular weight excluding hydrogens is 373 g/mol. The molecule has 1 atom stereocenters. The van der Waals surface area contributed by atoms with Gasteiger partial charge in [-0.2, -0.15) is 0 Å². The van der Waals surface area contributed by atoms with Gasteiger partial charge in [0.2, 0.25) is 0 Å². The highest BCUT2D eigenvalue weighted by molar-refractivity contribution is 6.08. The number of amides is 2. The van der Waals surface area contributed by atoms with Gasteiger partial charge in [-0.15, -0.1) is 0 Å². The minimum atomic E-state index is -0.363. The molecule has 0 radical (unpaired) electrons. The number of hydrogen-bond acceptors (Lipinski definition) is 4. The fourth-order valence-corrected chi connectivity index (χ4v) is 3.44. The van der Waals surface area contributed by atoms with Crippen LogP contribution in [0.2, 0.25) is 0 Å². The zero-order valence-corrected chi connectivity index (χ0v) is 16.9. The third kappa shape index (κ3) is 4.34. The molecule has 1 heterocycles. The first-order valence-corrected chi connectivity index (χ1v) is 9.73. The first kappa shape index (κ1) is 20.6. The van der Waals surface area contributed by atoms with Crippen molar-refractivity contribution in [3.05, 3.63) is 58.9 Å². The minimum Gasteiger partial charge on any atom is -0.495 e. The molecule has 3 rings (SSSR count). The van der Waals surface area contributed by atoms with Crippen LogP contribution in [0, 0.1) is 5.82 Å². The Morgan fingerprint density at radius 3 is 2.62 bits per heavy atom. The molecule has 2 N–H and O–H groups in total. The van der Waals surface area contributed by atoms with Crippen molar-refractivity contribution in [1.82, 2.24) is 10.2 Å². The second kappa shape index (κ2) is 8.94. The molecule has 2 amide bonds. The van der Waals surface area contributed by atoms with E-state index in [-0.39, 0.29) is 41.7 Å². The van der Waals surface area contributed by atoms with Gasteiger partial charge in [-0.25, -0.2) is 4.39 Å². The first-order valence-electron chi connectivity index (χ1n) is 9.73. The predicted molar refractivity (Wildman–Crippen MR) is 110 cm³/mol. The molecule has 6 nitrogen and oxygen atoms in total. The summed E-state index contributed by atoms with van der Waals surface area (Å²) in [6.45, 7) is 2.35. The van der Waals surface area contributed by atoms with Crippen LogP contribution >= 0.6 is 0 Å². The van der Waals surface area contributed by atoms with Gasteiger partial charge in [0.25, 0.3) is 11.8 Å². The maximum atomic E-state index is 13.0. The SMILES string of the molecule is CCCCC1Nc2ccc(C(=O)NCc3ccc(F)cc3)c(OC)c2C(=O)N1C. The highest BCUT2D eigenvalue weighted by Gasteiger charge is 2.33. The third-order valence-electron chi connectivity index (χ3n) is 5.13. The summed E-state index contributed by atoms with van der Waals surface area (Å²) in [6, 6.07) is 9.30. The van der Waals surface area contributed by atoms with E-state index in [0.29, 0.717) is 11.3 Å². The van der Waals surface area contributed by atoms with Crippen LogP contribution in [0.5, 0.6) is 5.75 Å². The number of fused-ring (bicyclic) bond motifs is 1. The maximum Gasteiger partial charge on any atom is 0.261 e. The van der Waals surface area contributed by atoms with E-state index in [1.54, 1.807) is 36.2 Å². The van der Waals surface area contributed by atoms with Crippen LogP contribution in [-0.4, -0.2) is 37.0 Å². The highest BCUT2D eigenvalue weighted by atomic mass is 19.1. The molecule has 0 spiro atoms. The summed E-state index contributed by atoms with van der Waals surface area (Å²) in [4.78, 5) is 27.4. The zero-order chi connectivity index (χ0) is 21.0. The van der Waals surface area contributed by atoms with Crippen LogP contribution in [-0.2, 0) is 6.54 Å². The molecular formula is C22H26FN3O3. The number of anilines is 1. The summed E-state index contributed by atoms with van der Waals surface area (Å²) in [6.07, 6.45) is 2.81. The van der Waals surface area contributed by atoms with Crippen LogP contribution in [0.4, 0.5) is 10.1 Å². The summed E-state index contributed by atoms with van der Waals surface area (Å²) < 4.78 is 18.5. The molecule has 29 heavy (non-hydrogen) atoms. The fourth-order valence-electron chi connectivity index (χ4n) is 3.44. The Labute approximate surface area is 170 Å². The number of methoxy groups -OCH3 is 1. The van der Waals surface area contributed by atoms with Crippen molar-refractivity contribution in [3.63, 3.8) is 0 Å². The van der Waals surface area contributed by atoms with E-state index in [0.717, 1.165) is 24.8 Å². The van der Waals surface area contributed by atoms with Gasteiger partial charge < -0.3 is 20.3 Å². The van der Waals surface area contributed by atoms with E-state index in [2.05, 4.69) is 17.6 Å². The lowest BCUT2D eigenvalue weighted by Gasteiger charge is -2.36. The molecule has 154 valence electrons. The van der Waals surface area contributed by atoms with E-state index in [4.69, 9.17) is 4.74 Å². The third-order valence-corrected chi connectivity index (χ3v) is 5.13. The van der Waals surface area contributed by atoms with Crippen LogP contribution in [0.25, 0.3) is 0 Å². The summed E-state index contributed by atoms with van der Waals surface area (Å²) >= 11 is 0. The van der Waals surface area contributed by atoms with E-state index >= 15 is 0 Å². The van der Waals surface area contributed by atoms with Gasteiger partial charge in [-0.1, -0.05) is 25.5 Å². The van der Waals surface area contributed by atoms with Crippen molar-refractivity contribution < 1.29 is 18.7 Å². The Balaban J connectivity index is 1.83. The largest absolute Gasteiger partial charge is 0.495 e. The van der Waals surface area contributed by atoms with Gasteiger partial charge in [-0.05, 0) is 42.7 Å². The van der Waals surface area contributed by atoms with Crippen LogP contribution in [0.3, 0.4) is 0 Å². The topological polar surface area (TPSA) is 70.7 Å². The van der Waals surface area contributed by atoms with Crippen molar-refractivity contribution in [1.29, 1.82) is 0 Å². The summed E-state index contributed by atoms with van der Waals surface area (Å²) in [5, 5.41) is 6.17. The van der Waals surface area contributed by atoms with Crippen molar-refractivity contribution in [2.24, 2.45) is 0 Å². The average molecular weight is 399 g/mol. The fraction of sp³-hybridized carbons (Fsp3) is 0.364. The number of benzene rings is 2. The number of nitrogens with one attached hydrogen (secondary N) is 2. The Hall–Kier alpha value is -3.09. The lowest BCUT2D eigenvalue weighted by Crippen LogP contribution is -2.46. The number of ether oxygens (including phenoxy) is 1. The van der Waals surface area contributed by atoms with Gasteiger partial charge in [-0.3, -0.25) is 9.59 Å². The van der Waals surface area contributed by atoms with Gasteiger partial charge in [0.15, 0.2) is 0 Å². The number of hydrogen-bond donors (Lipinski definition) is 2. The van der Waals surface area contributed by atoms with E-state index < -0.39 is 0 Å². The van der Waals surface area contributed by atoms with Gasteiger partial charge in [0, 0.05) is 13.6 Å². The zero-order valence-electron chi connectivity index (χ0n) is 16.9. The number of carbonyl (C=O) groups is 2. The Bertz CT molecular complexity index is 899. The number of halogens is 1. The molecule has 0 saturated carbocycles. The van der Waals surface area contributed by atoms with Gasteiger partial charge >= 0.3 is 0 Å². The molecule has 0 fully saturated rings. The number of nitrogens with zero attached hydrogens (tertiary/aromatic N) is 1. The number of carbonyl (C=O) groups excluding carboxylic acids is 2. The van der Waals surface area contributed by atoms with Gasteiger partial charge in [0.05, 0.1) is 18.4 Å². The Morgan fingerprint density at radius 2 is 1.97 bits per heavy atom. The molecule has 1 aliphatic rings. The van der Waals surface area contributed by atoms with Crippen molar-refractivity contribution >= 4 is 17.5 Å². The lowest BCUT2D eigenvalue weighted by molar-refractivity contribution is 0.0724. The maximum absolute atomic E-state index is 13.0. The molecule has 0 bridgehead atoms. The smallest absolute Gasteiger partial charge is 0.261 e. The molecule has 0 aliphatic carbocycles. The molecule has 1 aliphatic heterocycles. The second-order valence-electron chi connectivity index (χ2n) is 7.10. The van der Waals surface area contributed by atoms with Crippen LogP contribution < -0.4 is 15.4 Å². The lowest BCUT2D eigenvalue weighted by atomic mass is 10.0. The van der Waals surface area contributed by atoms with Gasteiger partial charge in [0.1, 0.15) is 23.3 Å². The van der Waals surface area contributed by atoms with Crippen molar-refractivity contribution in [2.75, 3.05) is 19.5 Å². The van der Waals surface area contributed by atoms with Crippen molar-refractivity contribution in [2.45, 2.75) is 38.9 Å². The minimum absolute atomic E-state index is 0.0854. The number of rotatable bonds is 7. The molecule has 0 saturated heterocycles. The molecule has 2 aromatic carbocycles. The quantitative estimate of drug-likeness (QED) is 0.743. The first-order chi connectivity index (χ1) is 14.0. The Kier molecular flexibility index (Phi) is 6.36. The summed E-state index contributed by atoms with van der Waals surface area (Å²) in [5.41, 5.74) is 2.08. The highest BCUT2D eigenvalue weighted by Crippen LogP contribution is 2.36. The Morgan fingerprint density at radius 1 is 1.24 bits per heavy atom. The molecule has 1 unspecified atom stereocenters. The van der Waals surface area contributed by atoms with Crippen LogP contribution in [0.15, 0.2) is 36.4 Å². The second-order valence-corrected chi connectivity index (χ2v) is 7.10. The average Bonchev–Trinajstić information content (AvgIpc) is 2.73.